The Labute approximate surface area is 568 Å². The molecule has 2 unspecified atom stereocenters. The van der Waals surface area contributed by atoms with Gasteiger partial charge in [-0.2, -0.15) is 0 Å². The van der Waals surface area contributed by atoms with E-state index in [1.165, 1.54) is 212 Å². The minimum absolute atomic E-state index is 0.105. The Balaban J connectivity index is 5.22. The van der Waals surface area contributed by atoms with Gasteiger partial charge in [0.05, 0.1) is 26.4 Å². The molecule has 0 spiro atoms. The van der Waals surface area contributed by atoms with Crippen molar-refractivity contribution in [3.63, 3.8) is 0 Å². The number of esters is 4. The van der Waals surface area contributed by atoms with Gasteiger partial charge in [0.2, 0.25) is 0 Å². The van der Waals surface area contributed by atoms with Gasteiger partial charge in [0, 0.05) is 25.7 Å². The number of carbonyl (C=O) groups is 4. The highest BCUT2D eigenvalue weighted by Gasteiger charge is 2.30. The first kappa shape index (κ1) is 91.1. The van der Waals surface area contributed by atoms with E-state index < -0.39 is 97.5 Å². The van der Waals surface area contributed by atoms with Crippen LogP contribution >= 0.6 is 15.6 Å². The first-order valence-electron chi connectivity index (χ1n) is 38.6. The third kappa shape index (κ3) is 68.4. The van der Waals surface area contributed by atoms with Crippen molar-refractivity contribution in [3.8, 4) is 0 Å². The average Bonchev–Trinajstić information content (AvgIpc) is 2.57. The van der Waals surface area contributed by atoms with Crippen LogP contribution in [-0.2, 0) is 65.4 Å². The summed E-state index contributed by atoms with van der Waals surface area (Å²) < 4.78 is 68.4. The molecule has 0 aliphatic heterocycles. The summed E-state index contributed by atoms with van der Waals surface area (Å²) in [5.74, 6) is -1.40. The maximum absolute atomic E-state index is 13.1. The number of aliphatic hydroxyl groups excluding tert-OH is 1. The maximum Gasteiger partial charge on any atom is 0.472 e. The molecule has 0 saturated carbocycles. The van der Waals surface area contributed by atoms with Crippen molar-refractivity contribution in [1.82, 2.24) is 0 Å². The zero-order chi connectivity index (χ0) is 68.4. The van der Waals surface area contributed by atoms with Gasteiger partial charge >= 0.3 is 39.5 Å². The number of aliphatic hydroxyl groups is 1. The van der Waals surface area contributed by atoms with E-state index in [1.807, 2.05) is 0 Å². The molecule has 93 heavy (non-hydrogen) atoms. The lowest BCUT2D eigenvalue weighted by Gasteiger charge is -2.21. The van der Waals surface area contributed by atoms with Crippen LogP contribution in [0.2, 0.25) is 0 Å². The molecule has 0 aromatic heterocycles. The number of phosphoric ester groups is 2. The smallest absolute Gasteiger partial charge is 0.462 e. The Kier molecular flexibility index (Phi) is 65.9. The SMILES string of the molecule is CCCCCCCCCCCCCCCCCCCC(=O)O[C@H](COC(=O)CCCCCCCCCCCCCCCCCC)COP(=O)(O)OC[C@@H](O)COP(=O)(O)OC[C@@H](COC(=O)CCCCCCCCCCC)OC(=O)CCCCCCCCCCC(C)C. The number of unbranched alkanes of at least 4 members (excludes halogenated alkanes) is 46. The number of carbonyl (C=O) groups excluding carboxylic acids is 4. The quantitative estimate of drug-likeness (QED) is 0.0222. The summed E-state index contributed by atoms with van der Waals surface area (Å²) in [4.78, 5) is 72.7. The van der Waals surface area contributed by atoms with E-state index in [1.54, 1.807) is 0 Å². The van der Waals surface area contributed by atoms with Crippen molar-refractivity contribution in [2.45, 2.75) is 406 Å². The maximum atomic E-state index is 13.1. The van der Waals surface area contributed by atoms with E-state index >= 15 is 0 Å². The first-order chi connectivity index (χ1) is 45.0. The van der Waals surface area contributed by atoms with E-state index in [4.69, 9.17) is 37.0 Å². The van der Waals surface area contributed by atoms with Gasteiger partial charge < -0.3 is 33.8 Å². The fourth-order valence-corrected chi connectivity index (χ4v) is 12.9. The van der Waals surface area contributed by atoms with Crippen LogP contribution in [0.5, 0.6) is 0 Å². The first-order valence-corrected chi connectivity index (χ1v) is 41.6. The standard InChI is InChI=1S/C74H144O17P2/c1-6-9-12-15-18-21-23-25-27-29-31-33-35-38-44-49-54-59-73(78)90-69(64-85-72(77)58-53-48-43-37-34-32-30-28-26-24-22-19-16-13-10-7-2)65-88-92(80,81)86-61-68(75)62-87-93(82,83)89-66-70(63-84-71(76)57-52-47-42-36-20-17-14-11-8-3)91-74(79)60-55-50-45-40-39-41-46-51-56-67(4)5/h67-70,75H,6-66H2,1-5H3,(H,80,81)(H,82,83)/t68-,69-,70-/m1/s1. The van der Waals surface area contributed by atoms with Crippen molar-refractivity contribution in [2.75, 3.05) is 39.6 Å². The van der Waals surface area contributed by atoms with E-state index in [0.717, 1.165) is 95.8 Å². The van der Waals surface area contributed by atoms with Crippen molar-refractivity contribution in [1.29, 1.82) is 0 Å². The molecule has 0 fully saturated rings. The highest BCUT2D eigenvalue weighted by atomic mass is 31.2. The molecule has 0 rings (SSSR count). The van der Waals surface area contributed by atoms with Gasteiger partial charge in [0.1, 0.15) is 19.3 Å². The summed E-state index contributed by atoms with van der Waals surface area (Å²) in [5, 5.41) is 10.6. The van der Waals surface area contributed by atoms with Crippen molar-refractivity contribution in [3.05, 3.63) is 0 Å². The Bertz CT molecular complexity index is 1790. The molecule has 552 valence electrons. The molecule has 0 saturated heterocycles. The molecule has 0 aromatic carbocycles. The van der Waals surface area contributed by atoms with E-state index in [0.29, 0.717) is 25.7 Å². The van der Waals surface area contributed by atoms with Crippen LogP contribution in [0.15, 0.2) is 0 Å². The van der Waals surface area contributed by atoms with Gasteiger partial charge in [-0.05, 0) is 31.6 Å². The molecule has 5 atom stereocenters. The van der Waals surface area contributed by atoms with Gasteiger partial charge in [-0.3, -0.25) is 37.3 Å². The molecular weight excluding hydrogens is 1220 g/mol. The number of hydrogen-bond donors (Lipinski definition) is 3. The number of phosphoric acid groups is 2. The highest BCUT2D eigenvalue weighted by molar-refractivity contribution is 7.47. The van der Waals surface area contributed by atoms with E-state index in [9.17, 15) is 43.2 Å². The van der Waals surface area contributed by atoms with E-state index in [-0.39, 0.29) is 25.7 Å². The summed E-state index contributed by atoms with van der Waals surface area (Å²) in [5.41, 5.74) is 0. The molecular formula is C74H144O17P2. The largest absolute Gasteiger partial charge is 0.472 e. The summed E-state index contributed by atoms with van der Waals surface area (Å²) >= 11 is 0. The Hall–Kier alpha value is -1.94. The number of rotatable bonds is 74. The molecule has 0 aromatic rings. The van der Waals surface area contributed by atoms with Crippen LogP contribution in [0.1, 0.15) is 388 Å². The Morgan fingerprint density at radius 2 is 0.495 bits per heavy atom. The fraction of sp³-hybridized carbons (Fsp3) is 0.946. The average molecular weight is 1370 g/mol. The summed E-state index contributed by atoms with van der Waals surface area (Å²) in [6.45, 7) is 7.23. The predicted octanol–water partition coefficient (Wildman–Crippen LogP) is 21.7. The van der Waals surface area contributed by atoms with Crippen molar-refractivity contribution in [2.24, 2.45) is 5.92 Å². The highest BCUT2D eigenvalue weighted by Crippen LogP contribution is 2.45. The summed E-state index contributed by atoms with van der Waals surface area (Å²) in [6, 6.07) is 0. The lowest BCUT2D eigenvalue weighted by molar-refractivity contribution is -0.161. The van der Waals surface area contributed by atoms with Crippen LogP contribution in [-0.4, -0.2) is 96.7 Å². The predicted molar refractivity (Wildman–Crippen MR) is 377 cm³/mol. The normalized spacial score (nSPS) is 14.0. The molecule has 0 heterocycles. The number of ether oxygens (including phenoxy) is 4. The molecule has 0 amide bonds. The molecule has 0 bridgehead atoms. The lowest BCUT2D eigenvalue weighted by Crippen LogP contribution is -2.30. The second-order valence-electron chi connectivity index (χ2n) is 27.2. The fourth-order valence-electron chi connectivity index (χ4n) is 11.4. The molecule has 0 radical (unpaired) electrons. The van der Waals surface area contributed by atoms with Gasteiger partial charge in [-0.1, -0.05) is 336 Å². The summed E-state index contributed by atoms with van der Waals surface area (Å²) in [6.07, 6.45) is 55.5. The van der Waals surface area contributed by atoms with Gasteiger partial charge in [0.15, 0.2) is 12.2 Å². The second-order valence-corrected chi connectivity index (χ2v) is 30.1. The van der Waals surface area contributed by atoms with Gasteiger partial charge in [-0.25, -0.2) is 9.13 Å². The molecule has 17 nitrogen and oxygen atoms in total. The number of hydrogen-bond acceptors (Lipinski definition) is 15. The van der Waals surface area contributed by atoms with Crippen LogP contribution < -0.4 is 0 Å². The zero-order valence-corrected chi connectivity index (χ0v) is 62.2. The van der Waals surface area contributed by atoms with Gasteiger partial charge in [0.25, 0.3) is 0 Å². The van der Waals surface area contributed by atoms with Crippen LogP contribution in [0.25, 0.3) is 0 Å². The summed E-state index contributed by atoms with van der Waals surface area (Å²) in [7, 11) is -9.90. The monoisotopic (exact) mass is 1370 g/mol. The third-order valence-electron chi connectivity index (χ3n) is 17.3. The van der Waals surface area contributed by atoms with Crippen LogP contribution in [0, 0.1) is 5.92 Å². The molecule has 19 heteroatoms. The third-order valence-corrected chi connectivity index (χ3v) is 19.2. The van der Waals surface area contributed by atoms with Crippen molar-refractivity contribution < 1.29 is 80.2 Å². The molecule has 0 aliphatic carbocycles. The van der Waals surface area contributed by atoms with Crippen LogP contribution in [0.4, 0.5) is 0 Å². The van der Waals surface area contributed by atoms with Crippen LogP contribution in [0.3, 0.4) is 0 Å². The topological polar surface area (TPSA) is 237 Å². The second kappa shape index (κ2) is 67.3. The van der Waals surface area contributed by atoms with Crippen molar-refractivity contribution >= 4 is 39.5 Å². The Morgan fingerprint density at radius 3 is 0.731 bits per heavy atom. The lowest BCUT2D eigenvalue weighted by atomic mass is 10.0. The molecule has 0 aliphatic rings. The van der Waals surface area contributed by atoms with E-state index in [2.05, 4.69) is 34.6 Å². The molecule has 3 N–H and O–H groups in total. The minimum atomic E-state index is -4.95. The Morgan fingerprint density at radius 1 is 0.290 bits per heavy atom. The zero-order valence-electron chi connectivity index (χ0n) is 60.4. The minimum Gasteiger partial charge on any atom is -0.462 e. The van der Waals surface area contributed by atoms with Gasteiger partial charge in [-0.15, -0.1) is 0 Å².